The van der Waals surface area contributed by atoms with Crippen LogP contribution < -0.4 is 0 Å². The largest absolute Gasteiger partial charge is 0.0999 e. The molecule has 0 rings (SSSR count). The van der Waals surface area contributed by atoms with Crippen LogP contribution in [0.4, 0.5) is 0 Å². The van der Waals surface area contributed by atoms with E-state index in [0.717, 1.165) is 0 Å². The standard InChI is InChI=1S/C7H14/c1-5-7(4)6(2)3/h7H,2,5H2,1,3-4H3/t7-/m1/s1. The molecule has 0 radical (unpaired) electrons. The molecule has 0 aliphatic heterocycles. The van der Waals surface area contributed by atoms with Gasteiger partial charge >= 0.3 is 0 Å². The zero-order chi connectivity index (χ0) is 5.86. The van der Waals surface area contributed by atoms with Gasteiger partial charge in [0.15, 0.2) is 0 Å². The van der Waals surface area contributed by atoms with Crippen LogP contribution in [-0.2, 0) is 0 Å². The minimum atomic E-state index is 0.708. The van der Waals surface area contributed by atoms with Gasteiger partial charge in [-0.05, 0) is 19.3 Å². The summed E-state index contributed by atoms with van der Waals surface area (Å²) in [5, 5.41) is 0. The van der Waals surface area contributed by atoms with Crippen molar-refractivity contribution in [2.75, 3.05) is 0 Å². The quantitative estimate of drug-likeness (QED) is 0.466. The van der Waals surface area contributed by atoms with E-state index in [0.29, 0.717) is 5.92 Å². The number of rotatable bonds is 2. The maximum Gasteiger partial charge on any atom is -0.0240 e. The van der Waals surface area contributed by atoms with Gasteiger partial charge in [0.1, 0.15) is 0 Å². The van der Waals surface area contributed by atoms with Crippen LogP contribution in [0.3, 0.4) is 0 Å². The minimum Gasteiger partial charge on any atom is -0.0999 e. The molecule has 0 saturated carbocycles. The van der Waals surface area contributed by atoms with Crippen molar-refractivity contribution < 1.29 is 0 Å². The highest BCUT2D eigenvalue weighted by atomic mass is 14.0. The highest BCUT2D eigenvalue weighted by Gasteiger charge is 1.94. The van der Waals surface area contributed by atoms with Crippen LogP contribution in [-0.4, -0.2) is 0 Å². The van der Waals surface area contributed by atoms with Crippen molar-refractivity contribution in [2.24, 2.45) is 5.92 Å². The highest BCUT2D eigenvalue weighted by Crippen LogP contribution is 2.09. The Balaban J connectivity index is 3.34. The molecule has 0 aromatic carbocycles. The predicted octanol–water partition coefficient (Wildman–Crippen LogP) is 2.61. The Labute approximate surface area is 46.2 Å². The van der Waals surface area contributed by atoms with E-state index in [9.17, 15) is 0 Å². The summed E-state index contributed by atoms with van der Waals surface area (Å²) >= 11 is 0. The molecule has 0 heteroatoms. The van der Waals surface area contributed by atoms with Gasteiger partial charge in [-0.2, -0.15) is 0 Å². The average molecular weight is 98.2 g/mol. The van der Waals surface area contributed by atoms with Gasteiger partial charge in [0, 0.05) is 0 Å². The van der Waals surface area contributed by atoms with Crippen LogP contribution in [0.2, 0.25) is 0 Å². The van der Waals surface area contributed by atoms with Crippen LogP contribution in [0, 0.1) is 5.92 Å². The topological polar surface area (TPSA) is 0 Å². The van der Waals surface area contributed by atoms with Gasteiger partial charge < -0.3 is 0 Å². The summed E-state index contributed by atoms with van der Waals surface area (Å²) in [5.74, 6) is 0.708. The molecule has 42 valence electrons. The SMILES string of the molecule is C=C(C)[C@H](C)CC. The van der Waals surface area contributed by atoms with Crippen LogP contribution >= 0.6 is 0 Å². The Morgan fingerprint density at radius 3 is 2.14 bits per heavy atom. The maximum atomic E-state index is 3.83. The van der Waals surface area contributed by atoms with Crippen molar-refractivity contribution in [3.63, 3.8) is 0 Å². The first-order chi connectivity index (χ1) is 3.18. The summed E-state index contributed by atoms with van der Waals surface area (Å²) in [6.45, 7) is 10.3. The van der Waals surface area contributed by atoms with Gasteiger partial charge in [-0.15, -0.1) is 0 Å². The van der Waals surface area contributed by atoms with E-state index in [4.69, 9.17) is 0 Å². The molecule has 0 aliphatic rings. The molecule has 0 nitrogen and oxygen atoms in total. The van der Waals surface area contributed by atoms with Crippen molar-refractivity contribution in [3.8, 4) is 0 Å². The Hall–Kier alpha value is -0.260. The van der Waals surface area contributed by atoms with E-state index in [1.54, 1.807) is 0 Å². The van der Waals surface area contributed by atoms with Crippen LogP contribution in [0.5, 0.6) is 0 Å². The van der Waals surface area contributed by atoms with E-state index in [2.05, 4.69) is 27.4 Å². The number of hydrogen-bond donors (Lipinski definition) is 0. The van der Waals surface area contributed by atoms with Gasteiger partial charge in [0.25, 0.3) is 0 Å². The lowest BCUT2D eigenvalue weighted by molar-refractivity contribution is 0.658. The normalized spacial score (nSPS) is 13.6. The molecule has 0 saturated heterocycles. The number of hydrogen-bond acceptors (Lipinski definition) is 0. The Bertz CT molecular complexity index is 62.4. The van der Waals surface area contributed by atoms with Gasteiger partial charge in [-0.25, -0.2) is 0 Å². The molecule has 0 heterocycles. The first-order valence-electron chi connectivity index (χ1n) is 2.83. The second kappa shape index (κ2) is 2.84. The third-order valence-corrected chi connectivity index (χ3v) is 1.45. The number of allylic oxidation sites excluding steroid dienone is 1. The summed E-state index contributed by atoms with van der Waals surface area (Å²) < 4.78 is 0. The lowest BCUT2D eigenvalue weighted by Gasteiger charge is -2.04. The van der Waals surface area contributed by atoms with Crippen LogP contribution in [0.15, 0.2) is 12.2 Å². The van der Waals surface area contributed by atoms with Crippen molar-refractivity contribution in [1.29, 1.82) is 0 Å². The van der Waals surface area contributed by atoms with Gasteiger partial charge in [0.2, 0.25) is 0 Å². The third kappa shape index (κ3) is 2.44. The second-order valence-corrected chi connectivity index (χ2v) is 2.16. The highest BCUT2D eigenvalue weighted by molar-refractivity contribution is 4.92. The van der Waals surface area contributed by atoms with Crippen LogP contribution in [0.25, 0.3) is 0 Å². The fraction of sp³-hybridized carbons (Fsp3) is 0.714. The van der Waals surface area contributed by atoms with Crippen molar-refractivity contribution in [2.45, 2.75) is 27.2 Å². The first-order valence-corrected chi connectivity index (χ1v) is 2.83. The summed E-state index contributed by atoms with van der Waals surface area (Å²) in [6.07, 6.45) is 1.22. The third-order valence-electron chi connectivity index (χ3n) is 1.45. The fourth-order valence-corrected chi connectivity index (χ4v) is 0.348. The van der Waals surface area contributed by atoms with E-state index in [1.807, 2.05) is 0 Å². The summed E-state index contributed by atoms with van der Waals surface area (Å²) in [7, 11) is 0. The molecule has 0 spiro atoms. The lowest BCUT2D eigenvalue weighted by atomic mass is 10.0. The smallest absolute Gasteiger partial charge is 0.0240 e. The monoisotopic (exact) mass is 98.1 g/mol. The second-order valence-electron chi connectivity index (χ2n) is 2.16. The zero-order valence-electron chi connectivity index (χ0n) is 5.49. The first kappa shape index (κ1) is 6.74. The molecule has 7 heavy (non-hydrogen) atoms. The molecule has 0 fully saturated rings. The average Bonchev–Trinajstić information content (AvgIpc) is 1.65. The molecule has 1 atom stereocenters. The molecular formula is C7H14. The molecule has 0 aliphatic carbocycles. The maximum absolute atomic E-state index is 3.83. The molecule has 0 unspecified atom stereocenters. The Kier molecular flexibility index (Phi) is 2.73. The summed E-state index contributed by atoms with van der Waals surface area (Å²) in [5.41, 5.74) is 1.29. The predicted molar refractivity (Wildman–Crippen MR) is 34.3 cm³/mol. The van der Waals surface area contributed by atoms with Crippen molar-refractivity contribution in [1.82, 2.24) is 0 Å². The molecule has 0 aromatic rings. The van der Waals surface area contributed by atoms with E-state index in [-0.39, 0.29) is 0 Å². The Morgan fingerprint density at radius 1 is 1.71 bits per heavy atom. The van der Waals surface area contributed by atoms with Gasteiger partial charge in [-0.1, -0.05) is 26.0 Å². The zero-order valence-corrected chi connectivity index (χ0v) is 5.49. The molecular weight excluding hydrogens is 84.1 g/mol. The van der Waals surface area contributed by atoms with Crippen molar-refractivity contribution in [3.05, 3.63) is 12.2 Å². The fourth-order valence-electron chi connectivity index (χ4n) is 0.348. The van der Waals surface area contributed by atoms with Crippen LogP contribution in [0.1, 0.15) is 27.2 Å². The van der Waals surface area contributed by atoms with E-state index in [1.165, 1.54) is 12.0 Å². The van der Waals surface area contributed by atoms with E-state index < -0.39 is 0 Å². The van der Waals surface area contributed by atoms with Gasteiger partial charge in [0.05, 0.1) is 0 Å². The Morgan fingerprint density at radius 2 is 2.14 bits per heavy atom. The van der Waals surface area contributed by atoms with Gasteiger partial charge in [-0.3, -0.25) is 0 Å². The van der Waals surface area contributed by atoms with Crippen molar-refractivity contribution >= 4 is 0 Å². The molecule has 0 aromatic heterocycles. The van der Waals surface area contributed by atoms with E-state index >= 15 is 0 Å². The molecule has 0 N–H and O–H groups in total. The minimum absolute atomic E-state index is 0.708. The molecule has 0 amide bonds. The lowest BCUT2D eigenvalue weighted by Crippen LogP contribution is -1.89. The summed E-state index contributed by atoms with van der Waals surface area (Å²) in [6, 6.07) is 0. The molecule has 0 bridgehead atoms. The summed E-state index contributed by atoms with van der Waals surface area (Å²) in [4.78, 5) is 0.